The second kappa shape index (κ2) is 8.90. The molecule has 0 aliphatic carbocycles. The number of aromatic nitrogens is 2. The molecule has 4 aromatic rings. The van der Waals surface area contributed by atoms with Gasteiger partial charge in [0.25, 0.3) is 0 Å². The molecule has 0 spiro atoms. The van der Waals surface area contributed by atoms with Crippen LogP contribution in [0.25, 0.3) is 33.6 Å². The van der Waals surface area contributed by atoms with Crippen LogP contribution in [0.1, 0.15) is 57.2 Å². The van der Waals surface area contributed by atoms with E-state index in [9.17, 15) is 4.39 Å². The molecule has 0 saturated heterocycles. The van der Waals surface area contributed by atoms with Crippen molar-refractivity contribution in [2.24, 2.45) is 0 Å². The first-order valence-electron chi connectivity index (χ1n) is 11.5. The van der Waals surface area contributed by atoms with Gasteiger partial charge in [-0.25, -0.2) is 4.39 Å². The van der Waals surface area contributed by atoms with Crippen LogP contribution in [-0.4, -0.2) is 9.97 Å². The second-order valence-corrected chi connectivity index (χ2v) is 10.0. The lowest BCUT2D eigenvalue weighted by atomic mass is 9.82. The zero-order valence-corrected chi connectivity index (χ0v) is 20.3. The molecule has 0 unspecified atom stereocenters. The maximum Gasteiger partial charge on any atom is 0.141 e. The predicted octanol–water partition coefficient (Wildman–Crippen LogP) is 8.35. The molecule has 0 atom stereocenters. The van der Waals surface area contributed by atoms with Gasteiger partial charge in [-0.15, -0.1) is 0 Å². The van der Waals surface area contributed by atoms with Crippen LogP contribution in [0.5, 0.6) is 0 Å². The molecule has 4 rings (SSSR count). The van der Waals surface area contributed by atoms with Crippen LogP contribution in [0.4, 0.5) is 4.39 Å². The Balaban J connectivity index is 2.02. The maximum absolute atomic E-state index is 13.7. The minimum Gasteiger partial charge on any atom is -0.256 e. The van der Waals surface area contributed by atoms with Crippen LogP contribution in [0.15, 0.2) is 73.1 Å². The molecule has 2 aromatic heterocycles. The van der Waals surface area contributed by atoms with Crippen molar-refractivity contribution in [3.05, 3.63) is 95.6 Å². The second-order valence-electron chi connectivity index (χ2n) is 10.0. The minimum absolute atomic E-state index is 0.0186. The Kier molecular flexibility index (Phi) is 6.16. The molecule has 3 heteroatoms. The smallest absolute Gasteiger partial charge is 0.141 e. The molecule has 2 aromatic carbocycles. The van der Waals surface area contributed by atoms with Crippen molar-refractivity contribution >= 4 is 0 Å². The van der Waals surface area contributed by atoms with E-state index in [0.29, 0.717) is 5.92 Å². The third kappa shape index (κ3) is 4.73. The van der Waals surface area contributed by atoms with Crippen molar-refractivity contribution in [1.29, 1.82) is 0 Å². The van der Waals surface area contributed by atoms with Gasteiger partial charge in [0.1, 0.15) is 5.82 Å². The van der Waals surface area contributed by atoms with Gasteiger partial charge in [-0.2, -0.15) is 0 Å². The summed E-state index contributed by atoms with van der Waals surface area (Å²) in [5, 5.41) is 0. The third-order valence-corrected chi connectivity index (χ3v) is 6.15. The quantitative estimate of drug-likeness (QED) is 0.320. The van der Waals surface area contributed by atoms with Gasteiger partial charge in [-0.05, 0) is 76.4 Å². The van der Waals surface area contributed by atoms with E-state index in [0.717, 1.165) is 39.2 Å². The largest absolute Gasteiger partial charge is 0.256 e. The molecular weight excluding hydrogens is 407 g/mol. The molecule has 168 valence electrons. The summed E-state index contributed by atoms with van der Waals surface area (Å²) in [6.07, 6.45) is 3.13. The SMILES string of the molecule is Cc1cccnc1-c1cc(C(C)C)ccc1-c1ccc(C(C)(C)C)cc1-c1ccc(F)cn1. The predicted molar refractivity (Wildman–Crippen MR) is 136 cm³/mol. The topological polar surface area (TPSA) is 25.8 Å². The normalized spacial score (nSPS) is 11.8. The van der Waals surface area contributed by atoms with Crippen LogP contribution in [0.2, 0.25) is 0 Å². The highest BCUT2D eigenvalue weighted by molar-refractivity contribution is 5.91. The fourth-order valence-electron chi connectivity index (χ4n) is 4.11. The molecule has 0 amide bonds. The van der Waals surface area contributed by atoms with Crippen molar-refractivity contribution in [2.45, 2.75) is 52.9 Å². The standard InChI is InChI=1S/C30H31FN2/c1-19(2)21-9-12-25(27(16-21)29-20(3)8-7-15-32-29)24-13-10-22(30(4,5)6)17-26(24)28-14-11-23(31)18-33-28/h7-19H,1-6H3. The number of rotatable bonds is 4. The average Bonchev–Trinajstić information content (AvgIpc) is 2.78. The van der Waals surface area contributed by atoms with E-state index in [4.69, 9.17) is 4.98 Å². The first-order valence-corrected chi connectivity index (χ1v) is 11.5. The monoisotopic (exact) mass is 438 g/mol. The summed E-state index contributed by atoms with van der Waals surface area (Å²) in [4.78, 5) is 9.17. The lowest BCUT2D eigenvalue weighted by Crippen LogP contribution is -2.11. The number of nitrogens with zero attached hydrogens (tertiary/aromatic N) is 2. The molecule has 0 saturated carbocycles. The lowest BCUT2D eigenvalue weighted by Gasteiger charge is -2.23. The zero-order valence-electron chi connectivity index (χ0n) is 20.3. The Labute approximate surface area is 196 Å². The molecule has 2 nitrogen and oxygen atoms in total. The van der Waals surface area contributed by atoms with Crippen molar-refractivity contribution in [3.8, 4) is 33.6 Å². The summed E-state index contributed by atoms with van der Waals surface area (Å²) in [6.45, 7) is 13.1. The van der Waals surface area contributed by atoms with E-state index in [-0.39, 0.29) is 11.2 Å². The third-order valence-electron chi connectivity index (χ3n) is 6.15. The van der Waals surface area contributed by atoms with Gasteiger partial charge in [-0.3, -0.25) is 9.97 Å². The molecule has 33 heavy (non-hydrogen) atoms. The minimum atomic E-state index is -0.335. The Hall–Kier alpha value is -3.33. The van der Waals surface area contributed by atoms with Crippen LogP contribution in [0, 0.1) is 12.7 Å². The average molecular weight is 439 g/mol. The highest BCUT2D eigenvalue weighted by Crippen LogP contribution is 2.41. The number of aryl methyl sites for hydroxylation is 1. The van der Waals surface area contributed by atoms with Gasteiger partial charge in [0.2, 0.25) is 0 Å². The van der Waals surface area contributed by atoms with Gasteiger partial charge < -0.3 is 0 Å². The summed E-state index contributed by atoms with van der Waals surface area (Å²) in [5.74, 6) is 0.0710. The van der Waals surface area contributed by atoms with E-state index in [1.807, 2.05) is 12.3 Å². The van der Waals surface area contributed by atoms with Gasteiger partial charge in [-0.1, -0.05) is 65.0 Å². The molecule has 0 bridgehead atoms. The van der Waals surface area contributed by atoms with Gasteiger partial charge in [0.05, 0.1) is 17.6 Å². The molecule has 0 fully saturated rings. The first kappa shape index (κ1) is 22.8. The van der Waals surface area contributed by atoms with E-state index >= 15 is 0 Å². The van der Waals surface area contributed by atoms with Crippen molar-refractivity contribution in [1.82, 2.24) is 9.97 Å². The molecular formula is C30H31FN2. The number of benzene rings is 2. The fraction of sp³-hybridized carbons (Fsp3) is 0.267. The summed E-state index contributed by atoms with van der Waals surface area (Å²) in [7, 11) is 0. The molecule has 2 heterocycles. The molecule has 0 aliphatic rings. The summed E-state index contributed by atoms with van der Waals surface area (Å²) in [5.41, 5.74) is 9.60. The van der Waals surface area contributed by atoms with Gasteiger partial charge in [0.15, 0.2) is 0 Å². The highest BCUT2D eigenvalue weighted by atomic mass is 19.1. The van der Waals surface area contributed by atoms with E-state index in [1.54, 1.807) is 6.07 Å². The van der Waals surface area contributed by atoms with Crippen LogP contribution in [-0.2, 0) is 5.41 Å². The number of hydrogen-bond acceptors (Lipinski definition) is 2. The Morgan fingerprint density at radius 3 is 2.15 bits per heavy atom. The summed E-state index contributed by atoms with van der Waals surface area (Å²) < 4.78 is 13.7. The Morgan fingerprint density at radius 1 is 0.788 bits per heavy atom. The van der Waals surface area contributed by atoms with Crippen molar-refractivity contribution in [3.63, 3.8) is 0 Å². The van der Waals surface area contributed by atoms with Crippen LogP contribution in [0.3, 0.4) is 0 Å². The first-order chi connectivity index (χ1) is 15.6. The zero-order chi connectivity index (χ0) is 23.8. The van der Waals surface area contributed by atoms with Gasteiger partial charge in [0, 0.05) is 17.3 Å². The van der Waals surface area contributed by atoms with Crippen LogP contribution < -0.4 is 0 Å². The maximum atomic E-state index is 13.7. The molecule has 0 radical (unpaired) electrons. The van der Waals surface area contributed by atoms with Crippen LogP contribution >= 0.6 is 0 Å². The summed E-state index contributed by atoms with van der Waals surface area (Å²) in [6, 6.07) is 20.5. The lowest BCUT2D eigenvalue weighted by molar-refractivity contribution is 0.590. The molecule has 0 aliphatic heterocycles. The summed E-state index contributed by atoms with van der Waals surface area (Å²) >= 11 is 0. The number of pyridine rings is 2. The Morgan fingerprint density at radius 2 is 1.52 bits per heavy atom. The number of hydrogen-bond donors (Lipinski definition) is 0. The number of halogens is 1. The van der Waals surface area contributed by atoms with E-state index < -0.39 is 0 Å². The fourth-order valence-corrected chi connectivity index (χ4v) is 4.11. The Bertz CT molecular complexity index is 1280. The highest BCUT2D eigenvalue weighted by Gasteiger charge is 2.20. The molecule has 0 N–H and O–H groups in total. The van der Waals surface area contributed by atoms with Crippen molar-refractivity contribution < 1.29 is 4.39 Å². The van der Waals surface area contributed by atoms with E-state index in [2.05, 4.69) is 89.0 Å². The van der Waals surface area contributed by atoms with Gasteiger partial charge >= 0.3 is 0 Å². The van der Waals surface area contributed by atoms with Crippen molar-refractivity contribution in [2.75, 3.05) is 0 Å². The van der Waals surface area contributed by atoms with E-state index in [1.165, 1.54) is 23.4 Å².